The van der Waals surface area contributed by atoms with Crippen molar-refractivity contribution in [3.8, 4) is 11.5 Å². The number of methoxy groups -OCH3 is 2. The smallest absolute Gasteiger partial charge is 0.341 e. The number of rotatable bonds is 6. The van der Waals surface area contributed by atoms with Crippen LogP contribution in [0.2, 0.25) is 0 Å². The lowest BCUT2D eigenvalue weighted by Crippen LogP contribution is -2.26. The SMILES string of the molecule is COC(=O)c1c(NC(=O)COc2ccc(OC)cc2)sc2c1CCC(C(C)(C)C)C2. The van der Waals surface area contributed by atoms with E-state index in [2.05, 4.69) is 26.1 Å². The zero-order valence-corrected chi connectivity index (χ0v) is 19.0. The van der Waals surface area contributed by atoms with E-state index >= 15 is 0 Å². The molecule has 30 heavy (non-hydrogen) atoms. The van der Waals surface area contributed by atoms with Crippen molar-refractivity contribution in [2.75, 3.05) is 26.1 Å². The monoisotopic (exact) mass is 431 g/mol. The van der Waals surface area contributed by atoms with Crippen molar-refractivity contribution in [3.05, 3.63) is 40.3 Å². The van der Waals surface area contributed by atoms with Crippen molar-refractivity contribution in [1.29, 1.82) is 0 Å². The maximum Gasteiger partial charge on any atom is 0.341 e. The maximum absolute atomic E-state index is 12.5. The van der Waals surface area contributed by atoms with E-state index in [1.54, 1.807) is 31.4 Å². The Morgan fingerprint density at radius 2 is 1.80 bits per heavy atom. The Hall–Kier alpha value is -2.54. The van der Waals surface area contributed by atoms with Gasteiger partial charge in [0.25, 0.3) is 5.91 Å². The van der Waals surface area contributed by atoms with Gasteiger partial charge in [0.05, 0.1) is 19.8 Å². The van der Waals surface area contributed by atoms with Gasteiger partial charge in [-0.1, -0.05) is 20.8 Å². The van der Waals surface area contributed by atoms with E-state index in [-0.39, 0.29) is 17.9 Å². The van der Waals surface area contributed by atoms with E-state index in [9.17, 15) is 9.59 Å². The van der Waals surface area contributed by atoms with Crippen LogP contribution in [-0.2, 0) is 22.4 Å². The number of nitrogens with one attached hydrogen (secondary N) is 1. The summed E-state index contributed by atoms with van der Waals surface area (Å²) in [5.74, 6) is 1.09. The van der Waals surface area contributed by atoms with Crippen LogP contribution in [0.25, 0.3) is 0 Å². The number of carbonyl (C=O) groups is 2. The Morgan fingerprint density at radius 1 is 1.13 bits per heavy atom. The molecule has 1 aromatic carbocycles. The molecule has 0 radical (unpaired) electrons. The number of carbonyl (C=O) groups excluding carboxylic acids is 2. The molecule has 1 aliphatic rings. The van der Waals surface area contributed by atoms with E-state index in [1.807, 2.05) is 0 Å². The average Bonchev–Trinajstić information content (AvgIpc) is 3.08. The van der Waals surface area contributed by atoms with Crippen LogP contribution in [0.1, 0.15) is 48.0 Å². The summed E-state index contributed by atoms with van der Waals surface area (Å²) in [5.41, 5.74) is 1.70. The van der Waals surface area contributed by atoms with Crippen molar-refractivity contribution in [3.63, 3.8) is 0 Å². The highest BCUT2D eigenvalue weighted by molar-refractivity contribution is 7.17. The molecular formula is C23H29NO5S. The van der Waals surface area contributed by atoms with Crippen LogP contribution in [0.5, 0.6) is 11.5 Å². The highest BCUT2D eigenvalue weighted by atomic mass is 32.1. The fourth-order valence-electron chi connectivity index (χ4n) is 3.71. The summed E-state index contributed by atoms with van der Waals surface area (Å²) in [6, 6.07) is 7.01. The minimum absolute atomic E-state index is 0.153. The largest absolute Gasteiger partial charge is 0.497 e. The molecule has 1 heterocycles. The lowest BCUT2D eigenvalue weighted by atomic mass is 9.72. The summed E-state index contributed by atoms with van der Waals surface area (Å²) in [6.07, 6.45) is 2.74. The number of fused-ring (bicyclic) bond motifs is 1. The second kappa shape index (κ2) is 9.08. The Bertz CT molecular complexity index is 911. The van der Waals surface area contributed by atoms with E-state index in [0.29, 0.717) is 28.0 Å². The second-order valence-electron chi connectivity index (χ2n) is 8.52. The normalized spacial score (nSPS) is 15.8. The van der Waals surface area contributed by atoms with E-state index in [1.165, 1.54) is 18.4 Å². The number of esters is 1. The zero-order chi connectivity index (χ0) is 21.9. The first-order chi connectivity index (χ1) is 14.2. The molecule has 6 nitrogen and oxygen atoms in total. The molecule has 162 valence electrons. The summed E-state index contributed by atoms with van der Waals surface area (Å²) in [6.45, 7) is 6.59. The quantitative estimate of drug-likeness (QED) is 0.671. The first-order valence-corrected chi connectivity index (χ1v) is 10.8. The van der Waals surface area contributed by atoms with Gasteiger partial charge in [-0.2, -0.15) is 0 Å². The van der Waals surface area contributed by atoms with Crippen molar-refractivity contribution >= 4 is 28.2 Å². The predicted molar refractivity (Wildman–Crippen MR) is 118 cm³/mol. The van der Waals surface area contributed by atoms with Gasteiger partial charge in [0, 0.05) is 4.88 Å². The lowest BCUT2D eigenvalue weighted by Gasteiger charge is -2.33. The van der Waals surface area contributed by atoms with Crippen molar-refractivity contribution in [1.82, 2.24) is 0 Å². The molecule has 1 aliphatic carbocycles. The zero-order valence-electron chi connectivity index (χ0n) is 18.2. The molecule has 0 spiro atoms. The molecule has 0 saturated heterocycles. The summed E-state index contributed by atoms with van der Waals surface area (Å²) in [7, 11) is 2.96. The number of anilines is 1. The minimum Gasteiger partial charge on any atom is -0.497 e. The van der Waals surface area contributed by atoms with Crippen LogP contribution < -0.4 is 14.8 Å². The second-order valence-corrected chi connectivity index (χ2v) is 9.62. The van der Waals surface area contributed by atoms with Gasteiger partial charge in [0.15, 0.2) is 6.61 Å². The molecular weight excluding hydrogens is 402 g/mol. The fourth-order valence-corrected chi connectivity index (χ4v) is 5.05. The number of ether oxygens (including phenoxy) is 3. The molecule has 0 saturated carbocycles. The van der Waals surface area contributed by atoms with Gasteiger partial charge in [0.1, 0.15) is 16.5 Å². The predicted octanol–water partition coefficient (Wildman–Crippen LogP) is 4.71. The Labute approximate surface area is 181 Å². The van der Waals surface area contributed by atoms with Gasteiger partial charge >= 0.3 is 5.97 Å². The Balaban J connectivity index is 1.73. The molecule has 3 rings (SSSR count). The molecule has 1 unspecified atom stereocenters. The summed E-state index contributed by atoms with van der Waals surface area (Å²) >= 11 is 1.48. The Kier molecular flexibility index (Phi) is 6.71. The standard InChI is InChI=1S/C23H29NO5S/c1-23(2,3)14-6-11-17-18(12-14)30-21(20(17)22(26)28-5)24-19(25)13-29-16-9-7-15(27-4)8-10-16/h7-10,14H,6,11-13H2,1-5H3,(H,24,25). The maximum atomic E-state index is 12.5. The van der Waals surface area contributed by atoms with Crippen LogP contribution in [-0.4, -0.2) is 32.7 Å². The molecule has 1 amide bonds. The molecule has 0 aliphatic heterocycles. The highest BCUT2D eigenvalue weighted by Crippen LogP contribution is 2.44. The van der Waals surface area contributed by atoms with Gasteiger partial charge in [-0.25, -0.2) is 4.79 Å². The Morgan fingerprint density at radius 3 is 2.40 bits per heavy atom. The summed E-state index contributed by atoms with van der Waals surface area (Å²) < 4.78 is 15.7. The minimum atomic E-state index is -0.409. The average molecular weight is 432 g/mol. The van der Waals surface area contributed by atoms with Gasteiger partial charge in [-0.15, -0.1) is 11.3 Å². The van der Waals surface area contributed by atoms with Crippen molar-refractivity contribution in [2.45, 2.75) is 40.0 Å². The molecule has 1 aromatic heterocycles. The van der Waals surface area contributed by atoms with Crippen molar-refractivity contribution < 1.29 is 23.8 Å². The van der Waals surface area contributed by atoms with Crippen molar-refractivity contribution in [2.24, 2.45) is 11.3 Å². The summed E-state index contributed by atoms with van der Waals surface area (Å²) in [5, 5.41) is 3.40. The topological polar surface area (TPSA) is 73.9 Å². The number of hydrogen-bond donors (Lipinski definition) is 1. The van der Waals surface area contributed by atoms with E-state index in [4.69, 9.17) is 14.2 Å². The number of benzene rings is 1. The lowest BCUT2D eigenvalue weighted by molar-refractivity contribution is -0.118. The number of hydrogen-bond acceptors (Lipinski definition) is 6. The number of thiophene rings is 1. The van der Waals surface area contributed by atoms with Crippen LogP contribution in [0.4, 0.5) is 5.00 Å². The summed E-state index contributed by atoms with van der Waals surface area (Å²) in [4.78, 5) is 26.1. The molecule has 2 aromatic rings. The van der Waals surface area contributed by atoms with Gasteiger partial charge in [-0.3, -0.25) is 4.79 Å². The van der Waals surface area contributed by atoms with Gasteiger partial charge < -0.3 is 19.5 Å². The number of amides is 1. The third kappa shape index (κ3) is 4.95. The third-order valence-electron chi connectivity index (χ3n) is 5.56. The van der Waals surface area contributed by atoms with Crippen LogP contribution in [0.15, 0.2) is 24.3 Å². The molecule has 1 N–H and O–H groups in total. The molecule has 0 fully saturated rings. The molecule has 0 bridgehead atoms. The van der Waals surface area contributed by atoms with Crippen LogP contribution >= 0.6 is 11.3 Å². The molecule has 7 heteroatoms. The first kappa shape index (κ1) is 22.2. The van der Waals surface area contributed by atoms with E-state index < -0.39 is 5.97 Å². The molecule has 1 atom stereocenters. The van der Waals surface area contributed by atoms with Gasteiger partial charge in [0.2, 0.25) is 0 Å². The third-order valence-corrected chi connectivity index (χ3v) is 6.73. The first-order valence-electron chi connectivity index (χ1n) is 10.0. The van der Waals surface area contributed by atoms with Crippen LogP contribution in [0.3, 0.4) is 0 Å². The van der Waals surface area contributed by atoms with E-state index in [0.717, 1.165) is 29.7 Å². The van der Waals surface area contributed by atoms with Crippen LogP contribution in [0, 0.1) is 11.3 Å². The highest BCUT2D eigenvalue weighted by Gasteiger charge is 2.34. The van der Waals surface area contributed by atoms with Gasteiger partial charge in [-0.05, 0) is 60.4 Å². The fraction of sp³-hybridized carbons (Fsp3) is 0.478.